The number of carbonyl (C=O) groups is 2. The number of amides is 1. The SMILES string of the molecule is CCOC(=O)C(=O)NCC1CCCN1S(=O)(=O)c1ccc(C)cc1. The first-order chi connectivity index (χ1) is 11.4. The van der Waals surface area contributed by atoms with Crippen molar-refractivity contribution in [2.45, 2.75) is 37.6 Å². The molecule has 132 valence electrons. The minimum absolute atomic E-state index is 0.0861. The third-order valence-corrected chi connectivity index (χ3v) is 5.88. The van der Waals surface area contributed by atoms with Gasteiger partial charge in [-0.05, 0) is 38.8 Å². The minimum atomic E-state index is -3.62. The lowest BCUT2D eigenvalue weighted by molar-refractivity contribution is -0.154. The number of hydrogen-bond acceptors (Lipinski definition) is 5. The van der Waals surface area contributed by atoms with E-state index in [1.165, 1.54) is 4.31 Å². The van der Waals surface area contributed by atoms with Gasteiger partial charge in [-0.2, -0.15) is 4.31 Å². The maximum absolute atomic E-state index is 12.8. The highest BCUT2D eigenvalue weighted by molar-refractivity contribution is 7.89. The van der Waals surface area contributed by atoms with Gasteiger partial charge in [-0.3, -0.25) is 4.79 Å². The monoisotopic (exact) mass is 354 g/mol. The molecule has 0 saturated carbocycles. The Morgan fingerprint density at radius 1 is 1.29 bits per heavy atom. The smallest absolute Gasteiger partial charge is 0.396 e. The van der Waals surface area contributed by atoms with Gasteiger partial charge in [0, 0.05) is 19.1 Å². The first-order valence-electron chi connectivity index (χ1n) is 7.89. The van der Waals surface area contributed by atoms with E-state index < -0.39 is 21.9 Å². The van der Waals surface area contributed by atoms with E-state index >= 15 is 0 Å². The largest absolute Gasteiger partial charge is 0.459 e. The van der Waals surface area contributed by atoms with Crippen molar-refractivity contribution in [1.82, 2.24) is 9.62 Å². The van der Waals surface area contributed by atoms with Gasteiger partial charge in [0.1, 0.15) is 0 Å². The van der Waals surface area contributed by atoms with E-state index in [4.69, 9.17) is 0 Å². The van der Waals surface area contributed by atoms with Gasteiger partial charge >= 0.3 is 11.9 Å². The summed E-state index contributed by atoms with van der Waals surface area (Å²) in [6.45, 7) is 4.10. The van der Waals surface area contributed by atoms with E-state index in [1.54, 1.807) is 31.2 Å². The standard InChI is InChI=1S/C16H22N2O5S/c1-3-23-16(20)15(19)17-11-13-5-4-10-18(13)24(21,22)14-8-6-12(2)7-9-14/h6-9,13H,3-5,10-11H2,1-2H3,(H,17,19). The highest BCUT2D eigenvalue weighted by atomic mass is 32.2. The Labute approximate surface area is 142 Å². The average molecular weight is 354 g/mol. The Balaban J connectivity index is 2.06. The topological polar surface area (TPSA) is 92.8 Å². The van der Waals surface area contributed by atoms with Gasteiger partial charge in [0.15, 0.2) is 0 Å². The molecule has 7 nitrogen and oxygen atoms in total. The third-order valence-electron chi connectivity index (χ3n) is 3.91. The van der Waals surface area contributed by atoms with Crippen LogP contribution in [0.1, 0.15) is 25.3 Å². The third kappa shape index (κ3) is 4.12. The molecule has 1 aliphatic rings. The Hall–Kier alpha value is -1.93. The fraction of sp³-hybridized carbons (Fsp3) is 0.500. The molecule has 2 rings (SSSR count). The second kappa shape index (κ2) is 7.76. The summed E-state index contributed by atoms with van der Waals surface area (Å²) in [6.07, 6.45) is 1.35. The van der Waals surface area contributed by atoms with Crippen LogP contribution in [-0.2, 0) is 24.3 Å². The zero-order chi connectivity index (χ0) is 17.7. The molecule has 1 N–H and O–H groups in total. The summed E-state index contributed by atoms with van der Waals surface area (Å²) in [6, 6.07) is 6.30. The second-order valence-corrected chi connectivity index (χ2v) is 7.55. The lowest BCUT2D eigenvalue weighted by Crippen LogP contribution is -2.44. The van der Waals surface area contributed by atoms with Crippen molar-refractivity contribution in [1.29, 1.82) is 0 Å². The first kappa shape index (κ1) is 18.4. The summed E-state index contributed by atoms with van der Waals surface area (Å²) in [5, 5.41) is 2.45. The molecule has 1 aromatic rings. The average Bonchev–Trinajstić information content (AvgIpc) is 3.02. The number of carbonyl (C=O) groups excluding carboxylic acids is 2. The van der Waals surface area contributed by atoms with Crippen LogP contribution < -0.4 is 5.32 Å². The van der Waals surface area contributed by atoms with E-state index in [2.05, 4.69) is 10.1 Å². The predicted octanol–water partition coefficient (Wildman–Crippen LogP) is 0.827. The molecule has 1 unspecified atom stereocenters. The summed E-state index contributed by atoms with van der Waals surface area (Å²) in [4.78, 5) is 23.1. The van der Waals surface area contributed by atoms with Gasteiger partial charge in [-0.25, -0.2) is 13.2 Å². The van der Waals surface area contributed by atoms with Crippen molar-refractivity contribution in [2.24, 2.45) is 0 Å². The number of hydrogen-bond donors (Lipinski definition) is 1. The van der Waals surface area contributed by atoms with Crippen LogP contribution in [0.5, 0.6) is 0 Å². The van der Waals surface area contributed by atoms with Crippen LogP contribution in [0.15, 0.2) is 29.2 Å². The molecule has 1 fully saturated rings. The molecule has 1 atom stereocenters. The zero-order valence-electron chi connectivity index (χ0n) is 13.8. The van der Waals surface area contributed by atoms with Crippen molar-refractivity contribution in [3.8, 4) is 0 Å². The van der Waals surface area contributed by atoms with E-state index in [0.717, 1.165) is 5.56 Å². The lowest BCUT2D eigenvalue weighted by Gasteiger charge is -2.24. The number of nitrogens with zero attached hydrogens (tertiary/aromatic N) is 1. The summed E-state index contributed by atoms with van der Waals surface area (Å²) >= 11 is 0. The summed E-state index contributed by atoms with van der Waals surface area (Å²) < 4.78 is 31.5. The molecule has 1 amide bonds. The molecule has 1 saturated heterocycles. The highest BCUT2D eigenvalue weighted by Crippen LogP contribution is 2.25. The quantitative estimate of drug-likeness (QED) is 0.624. The van der Waals surface area contributed by atoms with Crippen LogP contribution in [0.4, 0.5) is 0 Å². The Kier molecular flexibility index (Phi) is 5.95. The number of nitrogens with one attached hydrogen (secondary N) is 1. The van der Waals surface area contributed by atoms with Crippen molar-refractivity contribution in [3.05, 3.63) is 29.8 Å². The van der Waals surface area contributed by atoms with Gasteiger partial charge in [-0.15, -0.1) is 0 Å². The van der Waals surface area contributed by atoms with Crippen LogP contribution in [-0.4, -0.2) is 50.3 Å². The molecule has 0 spiro atoms. The van der Waals surface area contributed by atoms with Crippen LogP contribution in [0.2, 0.25) is 0 Å². The zero-order valence-corrected chi connectivity index (χ0v) is 14.6. The van der Waals surface area contributed by atoms with Crippen molar-refractivity contribution < 1.29 is 22.7 Å². The van der Waals surface area contributed by atoms with Gasteiger partial charge in [0.05, 0.1) is 11.5 Å². The van der Waals surface area contributed by atoms with Gasteiger partial charge in [-0.1, -0.05) is 17.7 Å². The molecule has 1 aliphatic heterocycles. The van der Waals surface area contributed by atoms with Gasteiger partial charge < -0.3 is 10.1 Å². The van der Waals surface area contributed by atoms with Crippen LogP contribution in [0.25, 0.3) is 0 Å². The number of rotatable bonds is 5. The summed E-state index contributed by atoms with van der Waals surface area (Å²) in [5.74, 6) is -1.81. The number of benzene rings is 1. The molecule has 1 heterocycles. The van der Waals surface area contributed by atoms with Gasteiger partial charge in [0.2, 0.25) is 10.0 Å². The van der Waals surface area contributed by atoms with Crippen molar-refractivity contribution in [3.63, 3.8) is 0 Å². The number of aryl methyl sites for hydroxylation is 1. The number of sulfonamides is 1. The van der Waals surface area contributed by atoms with Crippen LogP contribution >= 0.6 is 0 Å². The fourth-order valence-corrected chi connectivity index (χ4v) is 4.35. The molecule has 24 heavy (non-hydrogen) atoms. The molecular formula is C16H22N2O5S. The molecule has 0 radical (unpaired) electrons. The van der Waals surface area contributed by atoms with Crippen molar-refractivity contribution in [2.75, 3.05) is 19.7 Å². The number of ether oxygens (including phenoxy) is 1. The Morgan fingerprint density at radius 3 is 2.58 bits per heavy atom. The van der Waals surface area contributed by atoms with E-state index in [0.29, 0.717) is 19.4 Å². The van der Waals surface area contributed by atoms with E-state index in [9.17, 15) is 18.0 Å². The van der Waals surface area contributed by atoms with Crippen LogP contribution in [0, 0.1) is 6.92 Å². The summed E-state index contributed by atoms with van der Waals surface area (Å²) in [5.41, 5.74) is 0.980. The normalized spacial score (nSPS) is 18.3. The first-order valence-corrected chi connectivity index (χ1v) is 9.33. The molecule has 1 aromatic carbocycles. The predicted molar refractivity (Wildman–Crippen MR) is 87.7 cm³/mol. The Bertz CT molecular complexity index is 700. The number of esters is 1. The fourth-order valence-electron chi connectivity index (χ4n) is 2.65. The second-order valence-electron chi connectivity index (χ2n) is 5.66. The molecule has 0 aromatic heterocycles. The van der Waals surface area contributed by atoms with Gasteiger partial charge in [0.25, 0.3) is 0 Å². The molecule has 0 aliphatic carbocycles. The summed E-state index contributed by atoms with van der Waals surface area (Å²) in [7, 11) is -3.62. The molecular weight excluding hydrogens is 332 g/mol. The van der Waals surface area contributed by atoms with Crippen molar-refractivity contribution >= 4 is 21.9 Å². The van der Waals surface area contributed by atoms with E-state index in [-0.39, 0.29) is 24.1 Å². The van der Waals surface area contributed by atoms with Crippen LogP contribution in [0.3, 0.4) is 0 Å². The maximum Gasteiger partial charge on any atom is 0.396 e. The van der Waals surface area contributed by atoms with E-state index in [1.807, 2.05) is 6.92 Å². The lowest BCUT2D eigenvalue weighted by atomic mass is 10.2. The minimum Gasteiger partial charge on any atom is -0.459 e. The molecule has 8 heteroatoms. The highest BCUT2D eigenvalue weighted by Gasteiger charge is 2.35. The Morgan fingerprint density at radius 2 is 1.96 bits per heavy atom. The molecule has 0 bridgehead atoms. The maximum atomic E-state index is 12.8.